The molecule has 0 rings (SSSR count). The molecule has 0 aromatic carbocycles. The fourth-order valence-corrected chi connectivity index (χ4v) is 2.59. The van der Waals surface area contributed by atoms with Crippen LogP contribution in [0.25, 0.3) is 0 Å². The van der Waals surface area contributed by atoms with Crippen LogP contribution in [0.15, 0.2) is 0 Å². The summed E-state index contributed by atoms with van der Waals surface area (Å²) in [6, 6.07) is 0. The van der Waals surface area contributed by atoms with E-state index < -0.39 is 36.0 Å². The molecule has 0 saturated carbocycles. The number of hydrogen-bond acceptors (Lipinski definition) is 0. The van der Waals surface area contributed by atoms with E-state index in [0.29, 0.717) is 19.3 Å². The van der Waals surface area contributed by atoms with Crippen LogP contribution >= 0.6 is 0 Å². The van der Waals surface area contributed by atoms with Gasteiger partial charge in [0.15, 0.2) is 0 Å². The van der Waals surface area contributed by atoms with Crippen molar-refractivity contribution in [2.75, 3.05) is 0 Å². The maximum atomic E-state index is 11.9. The van der Waals surface area contributed by atoms with Crippen LogP contribution in [0.1, 0.15) is 411 Å². The molecule has 0 nitrogen and oxygen atoms in total. The van der Waals surface area contributed by atoms with Crippen molar-refractivity contribution < 1.29 is 43.9 Å². The zero-order valence-corrected chi connectivity index (χ0v) is 64.7. The lowest BCUT2D eigenvalue weighted by Crippen LogP contribution is -2.15. The first kappa shape index (κ1) is 124. The van der Waals surface area contributed by atoms with Gasteiger partial charge in [0.25, 0.3) is 0 Å². The topological polar surface area (TPSA) is 0 Å². The van der Waals surface area contributed by atoms with Crippen molar-refractivity contribution in [1.29, 1.82) is 0 Å². The molecule has 0 aliphatic carbocycles. The fraction of sp³-hybridized carbons (Fsp3) is 1.00. The molecule has 0 aliphatic heterocycles. The molecule has 0 bridgehead atoms. The van der Waals surface area contributed by atoms with E-state index in [9.17, 15) is 43.9 Å². The standard InChI is InChI=1S/3C5H10F2.C5H11F.6C5H12.C4H7F3.4C4H10.C3H8/c2*1-3-4-5(2,6)7;1-3-5(6,7)4-2;1-3-4-5(2)6;3*1-4-5(2)3;3*1-3-5-4-2;1-3(2)4(5,6)7;3*1-4(2)3;1-3-4-2;1-3-2/h3*3-4H2,1-2H3;5H,3-4H2,1-2H3;3*5H,4H2,1-3H3;3*3-5H2,1-2H3;3H,1-2H3;3*4H,1-3H3;3-4H2,1-2H3;3H2,1-2H3. The molecule has 0 N–H and O–H groups in total. The SMILES string of the molecule is CC(C)C.CC(C)C.CC(C)C.CC(C)C(F)(F)F.CCC.CCC(C)C.CCC(C)C.CCC(C)C.CCC(F)(F)CC.CCCC.CCCC(C)(F)F.CCCC(C)(F)F.CCCC(C)F.CCCCC.CCCCC.CCCCC. The second-order valence-corrected chi connectivity index (χ2v) is 24.8. The van der Waals surface area contributed by atoms with Crippen molar-refractivity contribution in [3.8, 4) is 0 Å². The molecule has 530 valence electrons. The van der Waals surface area contributed by atoms with Crippen LogP contribution in [0, 0.1) is 41.4 Å². The highest BCUT2D eigenvalue weighted by Gasteiger charge is 2.31. The number of halogens is 10. The van der Waals surface area contributed by atoms with Crippen LogP contribution < -0.4 is 0 Å². The van der Waals surface area contributed by atoms with Gasteiger partial charge in [-0.3, -0.25) is 0 Å². The van der Waals surface area contributed by atoms with Crippen LogP contribution in [0.2, 0.25) is 0 Å². The van der Waals surface area contributed by atoms with E-state index in [4.69, 9.17) is 0 Å². The predicted octanol–water partition coefficient (Wildman–Crippen LogP) is 32.6. The minimum Gasteiger partial charge on any atom is -0.248 e. The number of alkyl halides is 10. The summed E-state index contributed by atoms with van der Waals surface area (Å²) < 4.78 is 116. The van der Waals surface area contributed by atoms with Crippen LogP contribution in [0.5, 0.6) is 0 Å². The molecule has 0 aromatic rings. The van der Waals surface area contributed by atoms with Crippen LogP contribution in [0.4, 0.5) is 43.9 Å². The molecule has 1 atom stereocenters. The van der Waals surface area contributed by atoms with Crippen molar-refractivity contribution in [2.45, 2.75) is 441 Å². The Morgan fingerprint density at radius 2 is 0.446 bits per heavy atom. The van der Waals surface area contributed by atoms with Crippen molar-refractivity contribution in [3.63, 3.8) is 0 Å². The maximum absolute atomic E-state index is 11.9. The van der Waals surface area contributed by atoms with Gasteiger partial charge in [-0.15, -0.1) is 0 Å². The minimum absolute atomic E-state index is 0.00694. The maximum Gasteiger partial charge on any atom is 0.391 e. The van der Waals surface area contributed by atoms with E-state index in [-0.39, 0.29) is 25.7 Å². The van der Waals surface area contributed by atoms with E-state index in [1.54, 1.807) is 20.8 Å². The third-order valence-corrected chi connectivity index (χ3v) is 8.82. The van der Waals surface area contributed by atoms with Gasteiger partial charge in [0.1, 0.15) is 0 Å². The molecule has 0 spiro atoms. The van der Waals surface area contributed by atoms with Gasteiger partial charge in [-0.05, 0) is 62.7 Å². The molecule has 0 radical (unpaired) electrons. The van der Waals surface area contributed by atoms with Gasteiger partial charge in [-0.1, -0.05) is 358 Å². The normalized spacial score (nSPS) is 10.3. The van der Waals surface area contributed by atoms with Gasteiger partial charge < -0.3 is 0 Å². The molecule has 0 fully saturated rings. The summed E-state index contributed by atoms with van der Waals surface area (Å²) in [4.78, 5) is 0. The molecule has 0 aliphatic rings. The molecule has 0 amide bonds. The molecule has 1 unspecified atom stereocenters. The highest BCUT2D eigenvalue weighted by molar-refractivity contribution is 4.58. The summed E-state index contributed by atoms with van der Waals surface area (Å²) in [5.41, 5.74) is 0. The van der Waals surface area contributed by atoms with Crippen LogP contribution in [-0.4, -0.2) is 30.1 Å². The molecular weight excluding hydrogens is 1070 g/mol. The molecule has 0 heterocycles. The zero-order valence-electron chi connectivity index (χ0n) is 64.7. The van der Waals surface area contributed by atoms with Gasteiger partial charge >= 0.3 is 6.18 Å². The molecule has 0 aromatic heterocycles. The first-order valence-electron chi connectivity index (χ1n) is 34.4. The Labute approximate surface area is 524 Å². The lowest BCUT2D eigenvalue weighted by atomic mass is 10.2. The minimum atomic E-state index is -4.00. The van der Waals surface area contributed by atoms with E-state index >= 15 is 0 Å². The Hall–Kier alpha value is -0.700. The van der Waals surface area contributed by atoms with Crippen LogP contribution in [0.3, 0.4) is 0 Å². The lowest BCUT2D eigenvalue weighted by Gasteiger charge is -2.08. The summed E-state index contributed by atoms with van der Waals surface area (Å²) in [5, 5.41) is 0. The van der Waals surface area contributed by atoms with Gasteiger partial charge in [0.2, 0.25) is 17.8 Å². The monoisotopic (exact) mass is 1240 g/mol. The number of unbranched alkanes of at least 4 members (excludes halogenated alkanes) is 7. The highest BCUT2D eigenvalue weighted by atomic mass is 19.4. The number of hydrogen-bond donors (Lipinski definition) is 0. The smallest absolute Gasteiger partial charge is 0.248 e. The van der Waals surface area contributed by atoms with E-state index in [0.717, 1.165) is 69.6 Å². The lowest BCUT2D eigenvalue weighted by molar-refractivity contribution is -0.164. The molecule has 0 saturated heterocycles. The Morgan fingerprint density at radius 1 is 0.289 bits per heavy atom. The third-order valence-electron chi connectivity index (χ3n) is 8.82. The van der Waals surface area contributed by atoms with Crippen LogP contribution in [-0.2, 0) is 0 Å². The second kappa shape index (κ2) is 106. The van der Waals surface area contributed by atoms with Crippen molar-refractivity contribution in [2.24, 2.45) is 41.4 Å². The van der Waals surface area contributed by atoms with Gasteiger partial charge in [-0.25, -0.2) is 30.7 Å². The first-order valence-corrected chi connectivity index (χ1v) is 34.4. The van der Waals surface area contributed by atoms with E-state index in [1.807, 2.05) is 6.92 Å². The summed E-state index contributed by atoms with van der Waals surface area (Å²) >= 11 is 0. The Balaban J connectivity index is -0.0000000414. The average molecular weight is 1240 g/mol. The van der Waals surface area contributed by atoms with Crippen molar-refractivity contribution in [1.82, 2.24) is 0 Å². The van der Waals surface area contributed by atoms with Gasteiger partial charge in [0.05, 0.1) is 6.17 Å². The summed E-state index contributed by atoms with van der Waals surface area (Å²) in [6.07, 6.45) is 18.2. The quantitative estimate of drug-likeness (QED) is 0.120. The zero-order chi connectivity index (χ0) is 70.9. The van der Waals surface area contributed by atoms with Gasteiger partial charge in [0, 0.05) is 31.6 Å². The Kier molecular flexibility index (Phi) is 158. The predicted molar refractivity (Wildman–Crippen MR) is 372 cm³/mol. The summed E-state index contributed by atoms with van der Waals surface area (Å²) in [5.74, 6) is -3.36. The Morgan fingerprint density at radius 3 is 0.446 bits per heavy atom. The van der Waals surface area contributed by atoms with Gasteiger partial charge in [-0.2, -0.15) is 13.2 Å². The highest BCUT2D eigenvalue weighted by Crippen LogP contribution is 2.24. The second-order valence-electron chi connectivity index (χ2n) is 24.8. The average Bonchev–Trinajstić information content (AvgIpc) is 3.33. The fourth-order valence-electron chi connectivity index (χ4n) is 2.59. The first-order chi connectivity index (χ1) is 37.5. The molecule has 10 heteroatoms. The summed E-state index contributed by atoms with van der Waals surface area (Å²) in [7, 11) is 0. The van der Waals surface area contributed by atoms with Crippen molar-refractivity contribution >= 4 is 0 Å². The molecular formula is C73H168F10. The Bertz CT molecular complexity index is 780. The number of rotatable bonds is 18. The summed E-state index contributed by atoms with van der Waals surface area (Å²) in [6.45, 7) is 75.5. The molecule has 83 heavy (non-hydrogen) atoms. The van der Waals surface area contributed by atoms with Crippen molar-refractivity contribution in [3.05, 3.63) is 0 Å². The van der Waals surface area contributed by atoms with E-state index in [2.05, 4.69) is 194 Å². The van der Waals surface area contributed by atoms with E-state index in [1.165, 1.54) is 110 Å². The third kappa shape index (κ3) is 410. The largest absolute Gasteiger partial charge is 0.391 e.